The number of nitrogens with zero attached hydrogens (tertiary/aromatic N) is 2. The molecule has 1 unspecified atom stereocenters. The molecule has 20 heavy (non-hydrogen) atoms. The van der Waals surface area contributed by atoms with E-state index < -0.39 is 0 Å². The van der Waals surface area contributed by atoms with Crippen molar-refractivity contribution in [3.8, 4) is 6.07 Å². The number of para-hydroxylation sites is 1. The quantitative estimate of drug-likeness (QED) is 0.895. The van der Waals surface area contributed by atoms with Gasteiger partial charge < -0.3 is 10.2 Å². The monoisotopic (exact) mass is 269 g/mol. The molecule has 0 bridgehead atoms. The molecule has 2 fully saturated rings. The number of hydrogen-bond acceptors (Lipinski definition) is 3. The molecule has 1 heterocycles. The number of anilines is 1. The number of carbonyl (C=O) groups is 2. The lowest BCUT2D eigenvalue weighted by Crippen LogP contribution is -2.34. The number of carbonyl (C=O) groups excluding carboxylic acids is 2. The third-order valence-electron chi connectivity index (χ3n) is 3.73. The van der Waals surface area contributed by atoms with E-state index >= 15 is 0 Å². The summed E-state index contributed by atoms with van der Waals surface area (Å²) in [7, 11) is 0. The minimum absolute atomic E-state index is 0.0437. The van der Waals surface area contributed by atoms with Crippen LogP contribution in [0.1, 0.15) is 24.8 Å². The standard InChI is InChI=1S/C15H15N3O2/c16-8-10-3-1-2-4-13(10)18-9-11(7-14(18)19)15(20)17-12-5-6-12/h1-4,11-12H,5-7,9H2,(H,17,20). The van der Waals surface area contributed by atoms with Crippen molar-refractivity contribution >= 4 is 17.5 Å². The summed E-state index contributed by atoms with van der Waals surface area (Å²) < 4.78 is 0. The molecule has 0 aromatic heterocycles. The Morgan fingerprint density at radius 1 is 1.35 bits per heavy atom. The van der Waals surface area contributed by atoms with E-state index in [0.29, 0.717) is 23.8 Å². The molecule has 1 N–H and O–H groups in total. The second-order valence-corrected chi connectivity index (χ2v) is 5.32. The van der Waals surface area contributed by atoms with Crippen LogP contribution in [0.2, 0.25) is 0 Å². The van der Waals surface area contributed by atoms with Gasteiger partial charge in [0.1, 0.15) is 6.07 Å². The van der Waals surface area contributed by atoms with E-state index in [1.54, 1.807) is 29.2 Å². The predicted molar refractivity (Wildman–Crippen MR) is 72.8 cm³/mol. The van der Waals surface area contributed by atoms with E-state index in [1.165, 1.54) is 0 Å². The fraction of sp³-hybridized carbons (Fsp3) is 0.400. The van der Waals surface area contributed by atoms with Gasteiger partial charge in [-0.2, -0.15) is 5.26 Å². The van der Waals surface area contributed by atoms with Crippen LogP contribution in [-0.4, -0.2) is 24.4 Å². The van der Waals surface area contributed by atoms with Gasteiger partial charge in [0.2, 0.25) is 11.8 Å². The Balaban J connectivity index is 1.76. The lowest BCUT2D eigenvalue weighted by molar-refractivity contribution is -0.126. The van der Waals surface area contributed by atoms with Crippen LogP contribution in [0.25, 0.3) is 0 Å². The molecular formula is C15H15N3O2. The van der Waals surface area contributed by atoms with Crippen molar-refractivity contribution in [3.05, 3.63) is 29.8 Å². The van der Waals surface area contributed by atoms with E-state index in [0.717, 1.165) is 12.8 Å². The Morgan fingerprint density at radius 2 is 2.10 bits per heavy atom. The summed E-state index contributed by atoms with van der Waals surface area (Å²) in [5.74, 6) is -0.448. The number of rotatable bonds is 3. The highest BCUT2D eigenvalue weighted by Gasteiger charge is 2.37. The lowest BCUT2D eigenvalue weighted by Gasteiger charge is -2.17. The van der Waals surface area contributed by atoms with Crippen LogP contribution in [0.3, 0.4) is 0 Å². The maximum Gasteiger partial charge on any atom is 0.227 e. The number of nitrogens with one attached hydrogen (secondary N) is 1. The summed E-state index contributed by atoms with van der Waals surface area (Å²) in [5, 5.41) is 12.0. The third kappa shape index (κ3) is 2.37. The SMILES string of the molecule is N#Cc1ccccc1N1CC(C(=O)NC2CC2)CC1=O. The number of hydrogen-bond donors (Lipinski definition) is 1. The molecule has 5 nitrogen and oxygen atoms in total. The van der Waals surface area contributed by atoms with Gasteiger partial charge in [0, 0.05) is 19.0 Å². The molecule has 102 valence electrons. The average molecular weight is 269 g/mol. The van der Waals surface area contributed by atoms with E-state index in [1.807, 2.05) is 0 Å². The zero-order valence-corrected chi connectivity index (χ0v) is 11.0. The van der Waals surface area contributed by atoms with Crippen LogP contribution < -0.4 is 10.2 Å². The first-order chi connectivity index (χ1) is 9.69. The van der Waals surface area contributed by atoms with Crippen molar-refractivity contribution < 1.29 is 9.59 Å². The van der Waals surface area contributed by atoms with Crippen molar-refractivity contribution in [2.24, 2.45) is 5.92 Å². The molecule has 5 heteroatoms. The molecule has 1 aliphatic carbocycles. The maximum atomic E-state index is 12.1. The normalized spacial score (nSPS) is 21.6. The van der Waals surface area contributed by atoms with Crippen LogP contribution in [0.15, 0.2) is 24.3 Å². The van der Waals surface area contributed by atoms with Crippen LogP contribution >= 0.6 is 0 Å². The Hall–Kier alpha value is -2.35. The third-order valence-corrected chi connectivity index (χ3v) is 3.73. The molecule has 1 aromatic carbocycles. The Bertz CT molecular complexity index is 601. The molecule has 0 spiro atoms. The Kier molecular flexibility index (Phi) is 3.15. The molecule has 2 aliphatic rings. The molecule has 1 aliphatic heterocycles. The molecule has 1 saturated carbocycles. The van der Waals surface area contributed by atoms with Crippen LogP contribution in [-0.2, 0) is 9.59 Å². The zero-order chi connectivity index (χ0) is 14.1. The Labute approximate surface area is 117 Å². The van der Waals surface area contributed by atoms with Crippen LogP contribution in [0, 0.1) is 17.2 Å². The van der Waals surface area contributed by atoms with Crippen LogP contribution in [0.5, 0.6) is 0 Å². The molecule has 1 atom stereocenters. The highest BCUT2D eigenvalue weighted by atomic mass is 16.2. The second-order valence-electron chi connectivity index (χ2n) is 5.32. The van der Waals surface area contributed by atoms with Gasteiger partial charge in [0.15, 0.2) is 0 Å². The van der Waals surface area contributed by atoms with Gasteiger partial charge in [-0.1, -0.05) is 12.1 Å². The molecule has 1 saturated heterocycles. The van der Waals surface area contributed by atoms with Gasteiger partial charge in [-0.3, -0.25) is 9.59 Å². The predicted octanol–water partition coefficient (Wildman–Crippen LogP) is 1.19. The summed E-state index contributed by atoms with van der Waals surface area (Å²) in [6.07, 6.45) is 2.29. The van der Waals surface area contributed by atoms with Crippen molar-refractivity contribution in [2.45, 2.75) is 25.3 Å². The van der Waals surface area contributed by atoms with E-state index in [9.17, 15) is 9.59 Å². The topological polar surface area (TPSA) is 73.2 Å². The number of nitriles is 1. The van der Waals surface area contributed by atoms with Gasteiger partial charge in [0.05, 0.1) is 17.2 Å². The molecule has 0 radical (unpaired) electrons. The van der Waals surface area contributed by atoms with E-state index in [2.05, 4.69) is 11.4 Å². The molecule has 3 rings (SSSR count). The highest BCUT2D eigenvalue weighted by molar-refractivity contribution is 6.01. The average Bonchev–Trinajstić information content (AvgIpc) is 3.18. The second kappa shape index (κ2) is 4.97. The van der Waals surface area contributed by atoms with Gasteiger partial charge >= 0.3 is 0 Å². The fourth-order valence-electron chi connectivity index (χ4n) is 2.47. The van der Waals surface area contributed by atoms with E-state index in [-0.39, 0.29) is 24.2 Å². The largest absolute Gasteiger partial charge is 0.353 e. The lowest BCUT2D eigenvalue weighted by atomic mass is 10.1. The first kappa shape index (κ1) is 12.7. The van der Waals surface area contributed by atoms with Crippen molar-refractivity contribution in [2.75, 3.05) is 11.4 Å². The van der Waals surface area contributed by atoms with Gasteiger partial charge in [0.25, 0.3) is 0 Å². The van der Waals surface area contributed by atoms with Crippen LogP contribution in [0.4, 0.5) is 5.69 Å². The summed E-state index contributed by atoms with van der Waals surface area (Å²) in [5.41, 5.74) is 1.06. The molecule has 1 aromatic rings. The highest BCUT2D eigenvalue weighted by Crippen LogP contribution is 2.28. The summed E-state index contributed by atoms with van der Waals surface area (Å²) in [6, 6.07) is 9.37. The fourth-order valence-corrected chi connectivity index (χ4v) is 2.47. The first-order valence-corrected chi connectivity index (χ1v) is 6.79. The van der Waals surface area contributed by atoms with Gasteiger partial charge in [-0.05, 0) is 25.0 Å². The summed E-state index contributed by atoms with van der Waals surface area (Å²) in [4.78, 5) is 25.7. The van der Waals surface area contributed by atoms with Gasteiger partial charge in [-0.15, -0.1) is 0 Å². The van der Waals surface area contributed by atoms with Gasteiger partial charge in [-0.25, -0.2) is 0 Å². The number of amides is 2. The van der Waals surface area contributed by atoms with E-state index in [4.69, 9.17) is 5.26 Å². The molecule has 2 amide bonds. The van der Waals surface area contributed by atoms with Crippen molar-refractivity contribution in [1.29, 1.82) is 5.26 Å². The summed E-state index contributed by atoms with van der Waals surface area (Å²) >= 11 is 0. The maximum absolute atomic E-state index is 12.1. The Morgan fingerprint density at radius 3 is 2.80 bits per heavy atom. The van der Waals surface area contributed by atoms with Crippen molar-refractivity contribution in [3.63, 3.8) is 0 Å². The first-order valence-electron chi connectivity index (χ1n) is 6.79. The molecular weight excluding hydrogens is 254 g/mol. The number of benzene rings is 1. The zero-order valence-electron chi connectivity index (χ0n) is 11.0. The van der Waals surface area contributed by atoms with Crippen molar-refractivity contribution in [1.82, 2.24) is 5.32 Å². The minimum atomic E-state index is -0.310. The summed E-state index contributed by atoms with van der Waals surface area (Å²) in [6.45, 7) is 0.357. The minimum Gasteiger partial charge on any atom is -0.353 e. The smallest absolute Gasteiger partial charge is 0.227 e.